The maximum absolute atomic E-state index is 13.5. The van der Waals surface area contributed by atoms with Crippen molar-refractivity contribution in [3.8, 4) is 11.5 Å². The van der Waals surface area contributed by atoms with Crippen molar-refractivity contribution in [2.24, 2.45) is 0 Å². The van der Waals surface area contributed by atoms with E-state index in [1.165, 1.54) is 19.2 Å². The van der Waals surface area contributed by atoms with Crippen LogP contribution in [0.25, 0.3) is 0 Å². The lowest BCUT2D eigenvalue weighted by molar-refractivity contribution is -0.119. The van der Waals surface area contributed by atoms with Crippen molar-refractivity contribution >= 4 is 37.5 Å². The largest absolute Gasteiger partial charge is 0.497 e. The van der Waals surface area contributed by atoms with Crippen molar-refractivity contribution in [3.63, 3.8) is 0 Å². The minimum absolute atomic E-state index is 0.0538. The Morgan fingerprint density at radius 2 is 1.66 bits per heavy atom. The van der Waals surface area contributed by atoms with Crippen molar-refractivity contribution in [2.75, 3.05) is 31.6 Å². The van der Waals surface area contributed by atoms with Crippen molar-refractivity contribution in [3.05, 3.63) is 82.3 Å². The van der Waals surface area contributed by atoms with Crippen LogP contribution < -0.4 is 19.1 Å². The second kappa shape index (κ2) is 12.1. The smallest absolute Gasteiger partial charge is 0.264 e. The van der Waals surface area contributed by atoms with E-state index in [1.807, 2.05) is 43.3 Å². The van der Waals surface area contributed by atoms with Crippen LogP contribution in [0.5, 0.6) is 11.5 Å². The molecule has 186 valence electrons. The standard InChI is InChI=1S/C26H29BrN2O5S/c1-19-6-10-21(11-7-19)29(35(31,32)23-14-15-25(34-3)24(27)17-23)18-26(30)28-16-4-5-20-8-12-22(33-2)13-9-20/h6-15,17H,4-5,16,18H2,1-3H3,(H,28,30). The maximum Gasteiger partial charge on any atom is 0.264 e. The molecule has 0 radical (unpaired) electrons. The number of rotatable bonds is 11. The average molecular weight is 561 g/mol. The van der Waals surface area contributed by atoms with Gasteiger partial charge in [0.05, 0.1) is 29.3 Å². The van der Waals surface area contributed by atoms with Crippen LogP contribution in [0.4, 0.5) is 5.69 Å². The lowest BCUT2D eigenvalue weighted by atomic mass is 10.1. The van der Waals surface area contributed by atoms with Gasteiger partial charge in [0.2, 0.25) is 5.91 Å². The van der Waals surface area contributed by atoms with E-state index in [9.17, 15) is 13.2 Å². The molecule has 0 saturated heterocycles. The summed E-state index contributed by atoms with van der Waals surface area (Å²) in [5.41, 5.74) is 2.53. The van der Waals surface area contributed by atoms with Gasteiger partial charge in [0.25, 0.3) is 10.0 Å². The van der Waals surface area contributed by atoms with E-state index < -0.39 is 10.0 Å². The van der Waals surface area contributed by atoms with E-state index in [1.54, 1.807) is 25.3 Å². The van der Waals surface area contributed by atoms with Gasteiger partial charge in [0.1, 0.15) is 18.0 Å². The second-order valence-electron chi connectivity index (χ2n) is 7.95. The van der Waals surface area contributed by atoms with Crippen LogP contribution >= 0.6 is 15.9 Å². The predicted molar refractivity (Wildman–Crippen MR) is 141 cm³/mol. The molecule has 9 heteroatoms. The average Bonchev–Trinajstić information content (AvgIpc) is 2.86. The SMILES string of the molecule is COc1ccc(CCCNC(=O)CN(c2ccc(C)cc2)S(=O)(=O)c2ccc(OC)c(Br)c2)cc1. The molecule has 0 atom stereocenters. The summed E-state index contributed by atoms with van der Waals surface area (Å²) in [5.74, 6) is 0.931. The molecule has 0 aliphatic rings. The minimum Gasteiger partial charge on any atom is -0.497 e. The highest BCUT2D eigenvalue weighted by Gasteiger charge is 2.28. The van der Waals surface area contributed by atoms with Crippen molar-refractivity contribution < 1.29 is 22.7 Å². The summed E-state index contributed by atoms with van der Waals surface area (Å²) in [4.78, 5) is 12.8. The van der Waals surface area contributed by atoms with Crippen LogP contribution in [-0.2, 0) is 21.2 Å². The van der Waals surface area contributed by atoms with Crippen LogP contribution in [0, 0.1) is 6.92 Å². The number of anilines is 1. The van der Waals surface area contributed by atoms with E-state index >= 15 is 0 Å². The van der Waals surface area contributed by atoms with Gasteiger partial charge in [0, 0.05) is 6.54 Å². The molecule has 0 saturated carbocycles. The molecular formula is C26H29BrN2O5S. The fourth-order valence-corrected chi connectivity index (χ4v) is 5.60. The first-order chi connectivity index (χ1) is 16.7. The first kappa shape index (κ1) is 26.6. The fourth-order valence-electron chi connectivity index (χ4n) is 3.46. The quantitative estimate of drug-likeness (QED) is 0.343. The summed E-state index contributed by atoms with van der Waals surface area (Å²) >= 11 is 3.34. The van der Waals surface area contributed by atoms with Crippen molar-refractivity contribution in [1.82, 2.24) is 5.32 Å². The van der Waals surface area contributed by atoms with Crippen molar-refractivity contribution in [2.45, 2.75) is 24.7 Å². The molecule has 3 aromatic rings. The predicted octanol–water partition coefficient (Wildman–Crippen LogP) is 4.72. The number of benzene rings is 3. The Kier molecular flexibility index (Phi) is 9.17. The molecule has 35 heavy (non-hydrogen) atoms. The van der Waals surface area contributed by atoms with Gasteiger partial charge in [-0.2, -0.15) is 0 Å². The van der Waals surface area contributed by atoms with Gasteiger partial charge >= 0.3 is 0 Å². The number of hydrogen-bond acceptors (Lipinski definition) is 5. The van der Waals surface area contributed by atoms with Crippen molar-refractivity contribution in [1.29, 1.82) is 0 Å². The Hall–Kier alpha value is -3.04. The van der Waals surface area contributed by atoms with Gasteiger partial charge < -0.3 is 14.8 Å². The first-order valence-corrected chi connectivity index (χ1v) is 13.3. The molecule has 1 amide bonds. The van der Waals surface area contributed by atoms with Crippen LogP contribution in [0.3, 0.4) is 0 Å². The van der Waals surface area contributed by atoms with Gasteiger partial charge in [-0.05, 0) is 83.7 Å². The van der Waals surface area contributed by atoms with Gasteiger partial charge in [-0.25, -0.2) is 8.42 Å². The molecule has 0 aliphatic carbocycles. The number of carbonyl (C=O) groups excluding carboxylic acids is 1. The van der Waals surface area contributed by atoms with Crippen LogP contribution in [0.1, 0.15) is 17.5 Å². The van der Waals surface area contributed by atoms with Gasteiger partial charge in [-0.3, -0.25) is 9.10 Å². The summed E-state index contributed by atoms with van der Waals surface area (Å²) in [7, 11) is -0.886. The maximum atomic E-state index is 13.5. The number of halogens is 1. The lowest BCUT2D eigenvalue weighted by Gasteiger charge is -2.24. The summed E-state index contributed by atoms with van der Waals surface area (Å²) in [5, 5.41) is 2.84. The fraction of sp³-hybridized carbons (Fsp3) is 0.269. The number of hydrogen-bond donors (Lipinski definition) is 1. The Morgan fingerprint density at radius 3 is 2.26 bits per heavy atom. The van der Waals surface area contributed by atoms with E-state index in [4.69, 9.17) is 9.47 Å². The van der Waals surface area contributed by atoms with Gasteiger partial charge in [0.15, 0.2) is 0 Å². The summed E-state index contributed by atoms with van der Waals surface area (Å²) in [6, 6.07) is 19.3. The van der Waals surface area contributed by atoms with E-state index in [-0.39, 0.29) is 17.3 Å². The number of methoxy groups -OCH3 is 2. The molecule has 0 spiro atoms. The third-order valence-corrected chi connectivity index (χ3v) is 7.83. The molecule has 0 fully saturated rings. The molecule has 1 N–H and O–H groups in total. The number of sulfonamides is 1. The monoisotopic (exact) mass is 560 g/mol. The molecule has 0 bridgehead atoms. The summed E-state index contributed by atoms with van der Waals surface area (Å²) in [6.07, 6.45) is 1.50. The minimum atomic E-state index is -4.01. The highest BCUT2D eigenvalue weighted by molar-refractivity contribution is 9.10. The highest BCUT2D eigenvalue weighted by atomic mass is 79.9. The molecular weight excluding hydrogens is 532 g/mol. The van der Waals surface area contributed by atoms with E-state index in [0.717, 1.165) is 34.0 Å². The Morgan fingerprint density at radius 1 is 0.971 bits per heavy atom. The molecule has 0 heterocycles. The summed E-state index contributed by atoms with van der Waals surface area (Å²) in [6.45, 7) is 2.01. The van der Waals surface area contributed by atoms with Gasteiger partial charge in [-0.1, -0.05) is 29.8 Å². The third-order valence-electron chi connectivity index (χ3n) is 5.44. The Bertz CT molecular complexity index is 1250. The van der Waals surface area contributed by atoms with Crippen LogP contribution in [0.15, 0.2) is 76.1 Å². The summed E-state index contributed by atoms with van der Waals surface area (Å²) < 4.78 is 39.1. The molecule has 3 aromatic carbocycles. The number of aryl methyl sites for hydroxylation is 2. The Balaban J connectivity index is 1.71. The molecule has 0 unspecified atom stereocenters. The molecule has 3 rings (SSSR count). The van der Waals surface area contributed by atoms with Crippen LogP contribution in [0.2, 0.25) is 0 Å². The zero-order valence-electron chi connectivity index (χ0n) is 20.0. The first-order valence-electron chi connectivity index (χ1n) is 11.1. The van der Waals surface area contributed by atoms with E-state index in [0.29, 0.717) is 22.5 Å². The topological polar surface area (TPSA) is 84.9 Å². The second-order valence-corrected chi connectivity index (χ2v) is 10.7. The normalized spacial score (nSPS) is 11.1. The number of nitrogens with one attached hydrogen (secondary N) is 1. The third kappa shape index (κ3) is 6.99. The zero-order chi connectivity index (χ0) is 25.4. The molecule has 0 aromatic heterocycles. The van der Waals surface area contributed by atoms with E-state index in [2.05, 4.69) is 21.2 Å². The number of amides is 1. The number of carbonyl (C=O) groups is 1. The zero-order valence-corrected chi connectivity index (χ0v) is 22.4. The Labute approximate surface area is 215 Å². The van der Waals surface area contributed by atoms with Crippen LogP contribution in [-0.4, -0.2) is 41.6 Å². The number of nitrogens with zero attached hydrogens (tertiary/aromatic N) is 1. The highest BCUT2D eigenvalue weighted by Crippen LogP contribution is 2.30. The lowest BCUT2D eigenvalue weighted by Crippen LogP contribution is -2.41. The van der Waals surface area contributed by atoms with Gasteiger partial charge in [-0.15, -0.1) is 0 Å². The number of ether oxygens (including phenoxy) is 2. The molecule has 0 aliphatic heterocycles. The molecule has 7 nitrogen and oxygen atoms in total.